The van der Waals surface area contributed by atoms with Crippen molar-refractivity contribution in [2.45, 2.75) is 31.8 Å². The fourth-order valence-electron chi connectivity index (χ4n) is 2.55. The molecule has 6 heteroatoms. The molecule has 2 heterocycles. The molecular formula is C18H17FN4O. The van der Waals surface area contributed by atoms with Gasteiger partial charge in [-0.05, 0) is 43.5 Å². The number of hydrogen-bond acceptors (Lipinski definition) is 5. The molecular weight excluding hydrogens is 307 g/mol. The van der Waals surface area contributed by atoms with Crippen LogP contribution in [0.5, 0.6) is 0 Å². The normalized spacial score (nSPS) is 15.4. The topological polar surface area (TPSA) is 63.8 Å². The smallest absolute Gasteiger partial charge is 0.243 e. The second-order valence-corrected chi connectivity index (χ2v) is 6.06. The number of rotatable bonds is 5. The van der Waals surface area contributed by atoms with Gasteiger partial charge in [-0.2, -0.15) is 4.98 Å². The van der Waals surface area contributed by atoms with Gasteiger partial charge in [-0.25, -0.2) is 4.39 Å². The average Bonchev–Trinajstić information content (AvgIpc) is 3.27. The Morgan fingerprint density at radius 3 is 2.79 bits per heavy atom. The maximum absolute atomic E-state index is 13.3. The molecule has 122 valence electrons. The molecule has 0 saturated heterocycles. The Kier molecular flexibility index (Phi) is 3.82. The van der Waals surface area contributed by atoms with Gasteiger partial charge in [0.1, 0.15) is 11.5 Å². The van der Waals surface area contributed by atoms with Gasteiger partial charge in [-0.1, -0.05) is 23.4 Å². The van der Waals surface area contributed by atoms with Gasteiger partial charge < -0.3 is 9.84 Å². The third-order valence-electron chi connectivity index (χ3n) is 4.03. The average molecular weight is 324 g/mol. The summed E-state index contributed by atoms with van der Waals surface area (Å²) < 4.78 is 18.6. The molecule has 1 aliphatic rings. The quantitative estimate of drug-likeness (QED) is 0.774. The predicted octanol–water partition coefficient (Wildman–Crippen LogP) is 3.75. The lowest BCUT2D eigenvalue weighted by atomic mass is 10.1. The van der Waals surface area contributed by atoms with Crippen LogP contribution in [0.3, 0.4) is 0 Å². The Labute approximate surface area is 138 Å². The predicted molar refractivity (Wildman–Crippen MR) is 87.5 cm³/mol. The first kappa shape index (κ1) is 15.0. The van der Waals surface area contributed by atoms with Gasteiger partial charge >= 0.3 is 0 Å². The van der Waals surface area contributed by atoms with Crippen molar-refractivity contribution in [2.75, 3.05) is 0 Å². The zero-order valence-electron chi connectivity index (χ0n) is 13.2. The van der Waals surface area contributed by atoms with Crippen molar-refractivity contribution in [2.24, 2.45) is 0 Å². The summed E-state index contributed by atoms with van der Waals surface area (Å²) in [5.74, 6) is 0.754. The number of pyridine rings is 1. The van der Waals surface area contributed by atoms with Crippen molar-refractivity contribution in [1.82, 2.24) is 20.4 Å². The van der Waals surface area contributed by atoms with Crippen LogP contribution in [0.15, 0.2) is 47.1 Å². The molecule has 1 fully saturated rings. The minimum Gasteiger partial charge on any atom is -0.337 e. The van der Waals surface area contributed by atoms with E-state index in [1.54, 1.807) is 12.3 Å². The van der Waals surface area contributed by atoms with Gasteiger partial charge in [-0.15, -0.1) is 0 Å². The van der Waals surface area contributed by atoms with Crippen LogP contribution in [0.1, 0.15) is 31.7 Å². The van der Waals surface area contributed by atoms with Gasteiger partial charge in [0.15, 0.2) is 0 Å². The number of nitrogens with zero attached hydrogens (tertiary/aromatic N) is 3. The maximum Gasteiger partial charge on any atom is 0.243 e. The third-order valence-corrected chi connectivity index (χ3v) is 4.03. The third kappa shape index (κ3) is 3.19. The molecule has 5 nitrogen and oxygen atoms in total. The number of hydrogen-bond donors (Lipinski definition) is 1. The van der Waals surface area contributed by atoms with E-state index >= 15 is 0 Å². The monoisotopic (exact) mass is 324 g/mol. The van der Waals surface area contributed by atoms with Crippen LogP contribution in [-0.4, -0.2) is 21.2 Å². The van der Waals surface area contributed by atoms with Crippen LogP contribution in [0.2, 0.25) is 0 Å². The highest BCUT2D eigenvalue weighted by atomic mass is 19.1. The summed E-state index contributed by atoms with van der Waals surface area (Å²) in [6.45, 7) is 2.01. The minimum atomic E-state index is -0.267. The summed E-state index contributed by atoms with van der Waals surface area (Å²) in [5, 5.41) is 7.42. The van der Waals surface area contributed by atoms with Crippen molar-refractivity contribution in [3.63, 3.8) is 0 Å². The molecule has 0 spiro atoms. The first-order chi connectivity index (χ1) is 11.7. The second-order valence-electron chi connectivity index (χ2n) is 6.06. The summed E-state index contributed by atoms with van der Waals surface area (Å²) in [6.07, 6.45) is 4.09. The van der Waals surface area contributed by atoms with Crippen LogP contribution in [-0.2, 0) is 0 Å². The van der Waals surface area contributed by atoms with Crippen molar-refractivity contribution in [1.29, 1.82) is 0 Å². The highest BCUT2D eigenvalue weighted by Crippen LogP contribution is 2.25. The molecule has 1 aromatic carbocycles. The Morgan fingerprint density at radius 2 is 2.08 bits per heavy atom. The van der Waals surface area contributed by atoms with E-state index in [-0.39, 0.29) is 11.9 Å². The summed E-state index contributed by atoms with van der Waals surface area (Å²) in [4.78, 5) is 8.79. The SMILES string of the molecule is CC(NC1CC1)c1nc(-c2ccc(-c3cccc(F)c3)cn2)no1. The van der Waals surface area contributed by atoms with E-state index in [0.29, 0.717) is 23.5 Å². The summed E-state index contributed by atoms with van der Waals surface area (Å²) >= 11 is 0. The molecule has 0 aliphatic heterocycles. The highest BCUT2D eigenvalue weighted by molar-refractivity contribution is 5.64. The number of benzene rings is 1. The highest BCUT2D eigenvalue weighted by Gasteiger charge is 2.26. The van der Waals surface area contributed by atoms with Gasteiger partial charge in [0.2, 0.25) is 11.7 Å². The van der Waals surface area contributed by atoms with E-state index in [1.165, 1.54) is 25.0 Å². The maximum atomic E-state index is 13.3. The Morgan fingerprint density at radius 1 is 1.21 bits per heavy atom. The fourth-order valence-corrected chi connectivity index (χ4v) is 2.55. The van der Waals surface area contributed by atoms with Crippen LogP contribution in [0.25, 0.3) is 22.6 Å². The van der Waals surface area contributed by atoms with Crippen LogP contribution < -0.4 is 5.32 Å². The molecule has 3 aromatic rings. The Balaban J connectivity index is 1.53. The van der Waals surface area contributed by atoms with E-state index in [9.17, 15) is 4.39 Å². The lowest BCUT2D eigenvalue weighted by Gasteiger charge is -2.06. The molecule has 0 radical (unpaired) electrons. The molecule has 1 N–H and O–H groups in total. The zero-order valence-corrected chi connectivity index (χ0v) is 13.2. The van der Waals surface area contributed by atoms with E-state index in [2.05, 4.69) is 20.4 Å². The fraction of sp³-hybridized carbons (Fsp3) is 0.278. The zero-order chi connectivity index (χ0) is 16.5. The lowest BCUT2D eigenvalue weighted by Crippen LogP contribution is -2.20. The Bertz CT molecular complexity index is 842. The second kappa shape index (κ2) is 6.13. The number of nitrogens with one attached hydrogen (secondary N) is 1. The van der Waals surface area contributed by atoms with Gasteiger partial charge in [0, 0.05) is 17.8 Å². The molecule has 0 bridgehead atoms. The lowest BCUT2D eigenvalue weighted by molar-refractivity contribution is 0.338. The molecule has 2 aromatic heterocycles. The summed E-state index contributed by atoms with van der Waals surface area (Å²) in [5.41, 5.74) is 2.25. The summed E-state index contributed by atoms with van der Waals surface area (Å²) in [7, 11) is 0. The van der Waals surface area contributed by atoms with E-state index in [4.69, 9.17) is 4.52 Å². The molecule has 1 unspecified atom stereocenters. The molecule has 1 atom stereocenters. The van der Waals surface area contributed by atoms with Crippen LogP contribution >= 0.6 is 0 Å². The van der Waals surface area contributed by atoms with Crippen molar-refractivity contribution in [3.8, 4) is 22.6 Å². The molecule has 1 aliphatic carbocycles. The molecule has 1 saturated carbocycles. The molecule has 4 rings (SSSR count). The largest absolute Gasteiger partial charge is 0.337 e. The van der Waals surface area contributed by atoms with E-state index < -0.39 is 0 Å². The van der Waals surface area contributed by atoms with Crippen molar-refractivity contribution < 1.29 is 8.91 Å². The number of aromatic nitrogens is 3. The minimum absolute atomic E-state index is 0.0327. The van der Waals surface area contributed by atoms with E-state index in [0.717, 1.165) is 11.1 Å². The van der Waals surface area contributed by atoms with E-state index in [1.807, 2.05) is 25.1 Å². The van der Waals surface area contributed by atoms with Gasteiger partial charge in [-0.3, -0.25) is 4.98 Å². The van der Waals surface area contributed by atoms with Gasteiger partial charge in [0.05, 0.1) is 6.04 Å². The van der Waals surface area contributed by atoms with Crippen LogP contribution in [0.4, 0.5) is 4.39 Å². The van der Waals surface area contributed by atoms with Crippen molar-refractivity contribution >= 4 is 0 Å². The molecule has 0 amide bonds. The van der Waals surface area contributed by atoms with Crippen molar-refractivity contribution in [3.05, 3.63) is 54.3 Å². The first-order valence-electron chi connectivity index (χ1n) is 8.01. The Hall–Kier alpha value is -2.60. The number of halogens is 1. The first-order valence-corrected chi connectivity index (χ1v) is 8.01. The molecule has 24 heavy (non-hydrogen) atoms. The van der Waals surface area contributed by atoms with Gasteiger partial charge in [0.25, 0.3) is 0 Å². The summed E-state index contributed by atoms with van der Waals surface area (Å²) in [6, 6.07) is 10.7. The van der Waals surface area contributed by atoms with Crippen LogP contribution in [0, 0.1) is 5.82 Å². The standard InChI is InChI=1S/C18H17FN4O/c1-11(21-15-6-7-15)18-22-17(23-24-18)16-8-5-13(10-20-16)12-3-2-4-14(19)9-12/h2-5,8-11,15,21H,6-7H2,1H3.